The van der Waals surface area contributed by atoms with Crippen LogP contribution in [0.3, 0.4) is 0 Å². The van der Waals surface area contributed by atoms with Crippen LogP contribution >= 0.6 is 0 Å². The van der Waals surface area contributed by atoms with E-state index < -0.39 is 0 Å². The van der Waals surface area contributed by atoms with Crippen molar-refractivity contribution in [2.45, 2.75) is 36.7 Å². The second-order valence-corrected chi connectivity index (χ2v) is 6.97. The van der Waals surface area contributed by atoms with Crippen molar-refractivity contribution in [1.82, 2.24) is 4.98 Å². The molecule has 0 aliphatic heterocycles. The summed E-state index contributed by atoms with van der Waals surface area (Å²) in [5, 5.41) is 10.6. The highest BCUT2D eigenvalue weighted by molar-refractivity contribution is 5.35. The first-order chi connectivity index (χ1) is 12.3. The molecule has 0 bridgehead atoms. The van der Waals surface area contributed by atoms with Gasteiger partial charge in [-0.2, -0.15) is 0 Å². The Kier molecular flexibility index (Phi) is 4.62. The highest BCUT2D eigenvalue weighted by atomic mass is 16.3. The summed E-state index contributed by atoms with van der Waals surface area (Å²) in [6.07, 6.45) is 5.10. The maximum Gasteiger partial charge on any atom is 0.0552 e. The van der Waals surface area contributed by atoms with Crippen LogP contribution in [0.5, 0.6) is 0 Å². The Morgan fingerprint density at radius 3 is 1.60 bits per heavy atom. The van der Waals surface area contributed by atoms with E-state index in [9.17, 15) is 5.11 Å². The van der Waals surface area contributed by atoms with E-state index in [2.05, 4.69) is 77.8 Å². The maximum atomic E-state index is 10.6. The smallest absolute Gasteiger partial charge is 0.0552 e. The van der Waals surface area contributed by atoms with Gasteiger partial charge in [0.05, 0.1) is 6.10 Å². The van der Waals surface area contributed by atoms with Crippen molar-refractivity contribution >= 4 is 0 Å². The van der Waals surface area contributed by atoms with Crippen LogP contribution in [0.1, 0.15) is 47.3 Å². The Morgan fingerprint density at radius 2 is 1.12 bits per heavy atom. The van der Waals surface area contributed by atoms with Gasteiger partial charge >= 0.3 is 0 Å². The van der Waals surface area contributed by atoms with E-state index in [1.54, 1.807) is 0 Å². The van der Waals surface area contributed by atoms with Gasteiger partial charge in [-0.25, -0.2) is 0 Å². The quantitative estimate of drug-likeness (QED) is 0.742. The van der Waals surface area contributed by atoms with E-state index in [4.69, 9.17) is 0 Å². The van der Waals surface area contributed by atoms with Crippen molar-refractivity contribution in [3.8, 4) is 0 Å². The van der Waals surface area contributed by atoms with E-state index in [0.29, 0.717) is 17.8 Å². The fourth-order valence-corrected chi connectivity index (χ4v) is 4.39. The van der Waals surface area contributed by atoms with Crippen LogP contribution in [0.25, 0.3) is 0 Å². The van der Waals surface area contributed by atoms with Crippen LogP contribution in [0.4, 0.5) is 0 Å². The van der Waals surface area contributed by atoms with Crippen molar-refractivity contribution in [3.05, 3.63) is 102 Å². The summed E-state index contributed by atoms with van der Waals surface area (Å²) in [6, 6.07) is 25.5. The molecule has 126 valence electrons. The van der Waals surface area contributed by atoms with Gasteiger partial charge in [0.1, 0.15) is 0 Å². The van der Waals surface area contributed by atoms with Gasteiger partial charge in [-0.15, -0.1) is 0 Å². The monoisotopic (exact) mass is 329 g/mol. The number of rotatable bonds is 3. The molecular formula is C23H23NO. The molecule has 4 rings (SSSR count). The molecule has 3 aromatic rings. The second-order valence-electron chi connectivity index (χ2n) is 6.97. The molecule has 0 saturated heterocycles. The Morgan fingerprint density at radius 1 is 0.640 bits per heavy atom. The third-order valence-electron chi connectivity index (χ3n) is 5.47. The third-order valence-corrected chi connectivity index (χ3v) is 5.47. The topological polar surface area (TPSA) is 33.1 Å². The summed E-state index contributed by atoms with van der Waals surface area (Å²) in [5.74, 6) is 0.950. The van der Waals surface area contributed by atoms with Crippen molar-refractivity contribution in [2.75, 3.05) is 0 Å². The molecule has 2 nitrogen and oxygen atoms in total. The minimum absolute atomic E-state index is 0.270. The van der Waals surface area contributed by atoms with E-state index in [0.717, 1.165) is 12.8 Å². The maximum absolute atomic E-state index is 10.6. The van der Waals surface area contributed by atoms with Crippen LogP contribution in [0, 0.1) is 0 Å². The third kappa shape index (κ3) is 3.35. The van der Waals surface area contributed by atoms with E-state index in [1.165, 1.54) is 16.7 Å². The van der Waals surface area contributed by atoms with Crippen LogP contribution in [-0.4, -0.2) is 16.2 Å². The van der Waals surface area contributed by atoms with Crippen LogP contribution in [0.2, 0.25) is 0 Å². The zero-order chi connectivity index (χ0) is 17.1. The summed E-state index contributed by atoms with van der Waals surface area (Å²) in [6.45, 7) is 0. The van der Waals surface area contributed by atoms with Crippen LogP contribution in [0.15, 0.2) is 85.2 Å². The van der Waals surface area contributed by atoms with Crippen LogP contribution < -0.4 is 0 Å². The van der Waals surface area contributed by atoms with Crippen molar-refractivity contribution in [3.63, 3.8) is 0 Å². The minimum Gasteiger partial charge on any atom is -0.393 e. The molecule has 2 heteroatoms. The van der Waals surface area contributed by atoms with Gasteiger partial charge in [0.2, 0.25) is 0 Å². The molecule has 1 aliphatic rings. The van der Waals surface area contributed by atoms with E-state index >= 15 is 0 Å². The molecule has 1 fully saturated rings. The fraction of sp³-hybridized carbons (Fsp3) is 0.261. The molecule has 2 aromatic carbocycles. The van der Waals surface area contributed by atoms with E-state index in [1.807, 2.05) is 12.4 Å². The molecule has 1 saturated carbocycles. The molecule has 0 amide bonds. The van der Waals surface area contributed by atoms with Crippen molar-refractivity contribution in [2.24, 2.45) is 0 Å². The Bertz CT molecular complexity index is 739. The summed E-state index contributed by atoms with van der Waals surface area (Å²) >= 11 is 0. The lowest BCUT2D eigenvalue weighted by Crippen LogP contribution is -2.31. The normalized spacial score (nSPS) is 26.3. The lowest BCUT2D eigenvalue weighted by molar-refractivity contribution is 0.0972. The van der Waals surface area contributed by atoms with Gasteiger partial charge < -0.3 is 5.11 Å². The first-order valence-corrected chi connectivity index (χ1v) is 9.01. The van der Waals surface area contributed by atoms with Crippen LogP contribution in [-0.2, 0) is 0 Å². The standard InChI is InChI=1S/C23H23NO/c25-20-15-21(17-7-3-1-4-8-17)23(19-11-13-24-14-12-19)22(16-20)18-9-5-2-6-10-18/h1-14,20-23,25H,15-16H2. The lowest BCUT2D eigenvalue weighted by Gasteiger charge is -2.41. The van der Waals surface area contributed by atoms with Gasteiger partial charge in [0.25, 0.3) is 0 Å². The SMILES string of the molecule is OC1CC(c2ccccc2)C(c2ccncc2)C(c2ccccc2)C1. The number of aliphatic hydroxyl groups excluding tert-OH is 1. The molecule has 0 spiro atoms. The number of hydrogen-bond acceptors (Lipinski definition) is 2. The predicted molar refractivity (Wildman–Crippen MR) is 101 cm³/mol. The number of benzene rings is 2. The number of pyridine rings is 1. The Balaban J connectivity index is 1.82. The first kappa shape index (κ1) is 16.0. The van der Waals surface area contributed by atoms with Gasteiger partial charge in [-0.05, 0) is 59.4 Å². The number of aromatic nitrogens is 1. The zero-order valence-electron chi connectivity index (χ0n) is 14.2. The van der Waals surface area contributed by atoms with Gasteiger partial charge in [0, 0.05) is 12.4 Å². The van der Waals surface area contributed by atoms with Gasteiger partial charge in [-0.1, -0.05) is 60.7 Å². The fourth-order valence-electron chi connectivity index (χ4n) is 4.39. The molecule has 2 atom stereocenters. The largest absolute Gasteiger partial charge is 0.393 e. The average molecular weight is 329 g/mol. The highest BCUT2D eigenvalue weighted by Crippen LogP contribution is 2.51. The highest BCUT2D eigenvalue weighted by Gasteiger charge is 2.39. The molecule has 2 unspecified atom stereocenters. The minimum atomic E-state index is -0.270. The lowest BCUT2D eigenvalue weighted by atomic mass is 9.64. The first-order valence-electron chi connectivity index (χ1n) is 9.01. The number of hydrogen-bond donors (Lipinski definition) is 1. The Hall–Kier alpha value is -2.45. The molecule has 1 aliphatic carbocycles. The summed E-state index contributed by atoms with van der Waals surface area (Å²) in [5.41, 5.74) is 3.93. The van der Waals surface area contributed by atoms with E-state index in [-0.39, 0.29) is 6.10 Å². The van der Waals surface area contributed by atoms with Gasteiger partial charge in [-0.3, -0.25) is 4.98 Å². The molecule has 0 radical (unpaired) electrons. The van der Waals surface area contributed by atoms with Crippen molar-refractivity contribution < 1.29 is 5.11 Å². The average Bonchev–Trinajstić information content (AvgIpc) is 2.69. The molecule has 1 N–H and O–H groups in total. The zero-order valence-corrected chi connectivity index (χ0v) is 14.2. The van der Waals surface area contributed by atoms with Gasteiger partial charge in [0.15, 0.2) is 0 Å². The summed E-state index contributed by atoms with van der Waals surface area (Å²) < 4.78 is 0. The molecular weight excluding hydrogens is 306 g/mol. The molecule has 1 heterocycles. The molecule has 1 aromatic heterocycles. The number of aliphatic hydroxyl groups is 1. The predicted octanol–water partition coefficient (Wildman–Crippen LogP) is 4.89. The van der Waals surface area contributed by atoms with Crippen molar-refractivity contribution in [1.29, 1.82) is 0 Å². The number of nitrogens with zero attached hydrogens (tertiary/aromatic N) is 1. The molecule has 25 heavy (non-hydrogen) atoms. The summed E-state index contributed by atoms with van der Waals surface area (Å²) in [4.78, 5) is 4.20. The summed E-state index contributed by atoms with van der Waals surface area (Å²) in [7, 11) is 0. The second kappa shape index (κ2) is 7.20. The Labute approximate surface area is 149 Å².